The van der Waals surface area contributed by atoms with Gasteiger partial charge < -0.3 is 29.8 Å². The monoisotopic (exact) mass is 557 g/mol. The Balaban J connectivity index is 0.00000420. The van der Waals surface area contributed by atoms with E-state index in [9.17, 15) is 14.7 Å². The Morgan fingerprint density at radius 1 is 0.923 bits per heavy atom. The van der Waals surface area contributed by atoms with Crippen molar-refractivity contribution in [2.45, 2.75) is 78.0 Å². The van der Waals surface area contributed by atoms with E-state index in [1.54, 1.807) is 27.7 Å². The van der Waals surface area contributed by atoms with Crippen LogP contribution in [0.5, 0.6) is 11.5 Å². The van der Waals surface area contributed by atoms with Crippen molar-refractivity contribution in [3.05, 3.63) is 65.2 Å². The van der Waals surface area contributed by atoms with E-state index >= 15 is 0 Å². The Labute approximate surface area is 234 Å². The molecule has 0 aromatic heterocycles. The molecule has 39 heavy (non-hydrogen) atoms. The van der Waals surface area contributed by atoms with Gasteiger partial charge in [-0.2, -0.15) is 0 Å². The highest BCUT2D eigenvalue weighted by Crippen LogP contribution is 2.48. The molecular weight excluding hydrogens is 522 g/mol. The van der Waals surface area contributed by atoms with E-state index in [0.29, 0.717) is 23.2 Å². The van der Waals surface area contributed by atoms with Crippen molar-refractivity contribution in [3.8, 4) is 11.5 Å². The van der Waals surface area contributed by atoms with E-state index < -0.39 is 36.0 Å². The van der Waals surface area contributed by atoms with Crippen LogP contribution in [0.15, 0.2) is 48.5 Å². The number of rotatable bonds is 9. The Morgan fingerprint density at radius 2 is 1.54 bits per heavy atom. The summed E-state index contributed by atoms with van der Waals surface area (Å²) in [6.45, 7) is 8.63. The van der Waals surface area contributed by atoms with Crippen molar-refractivity contribution in [2.75, 3.05) is 5.73 Å². The molecule has 1 unspecified atom stereocenters. The number of fused-ring (bicyclic) bond motifs is 2. The molecule has 1 atom stereocenters. The van der Waals surface area contributed by atoms with Crippen LogP contribution in [0, 0.1) is 0 Å². The predicted octanol–water partition coefficient (Wildman–Crippen LogP) is 5.44. The average molecular weight is 558 g/mol. The number of carbonyl (C=O) groups is 2. The SMILES string of the molecule is CCCc1c(CC(O)c2ccc3ccccc3c2)c(N)cc2c1OC(C(=O)OC(C)C)(C(=O)OC(C)C)O2.Cl. The maximum absolute atomic E-state index is 13.1. The van der Waals surface area contributed by atoms with Gasteiger partial charge in [-0.05, 0) is 62.1 Å². The van der Waals surface area contributed by atoms with Gasteiger partial charge in [-0.15, -0.1) is 12.4 Å². The molecule has 4 rings (SSSR count). The first-order chi connectivity index (χ1) is 18.1. The predicted molar refractivity (Wildman–Crippen MR) is 151 cm³/mol. The summed E-state index contributed by atoms with van der Waals surface area (Å²) in [5.41, 5.74) is 8.91. The number of nitrogens with two attached hydrogens (primary N) is 1. The molecule has 0 bridgehead atoms. The van der Waals surface area contributed by atoms with Gasteiger partial charge in [0.2, 0.25) is 0 Å². The number of hydrogen-bond acceptors (Lipinski definition) is 8. The van der Waals surface area contributed by atoms with Gasteiger partial charge in [0.25, 0.3) is 0 Å². The average Bonchev–Trinajstić information content (AvgIpc) is 3.25. The third-order valence-corrected chi connectivity index (χ3v) is 6.28. The molecule has 1 heterocycles. The zero-order valence-electron chi connectivity index (χ0n) is 22.9. The molecule has 0 saturated heterocycles. The lowest BCUT2D eigenvalue weighted by atomic mass is 9.92. The van der Waals surface area contributed by atoms with Crippen LogP contribution in [0.4, 0.5) is 5.69 Å². The van der Waals surface area contributed by atoms with Crippen molar-refractivity contribution in [1.29, 1.82) is 0 Å². The molecule has 210 valence electrons. The number of esters is 2. The molecule has 3 aromatic rings. The zero-order valence-corrected chi connectivity index (χ0v) is 23.7. The fourth-order valence-electron chi connectivity index (χ4n) is 4.58. The van der Waals surface area contributed by atoms with Crippen molar-refractivity contribution >= 4 is 40.8 Å². The summed E-state index contributed by atoms with van der Waals surface area (Å²) in [5, 5.41) is 13.3. The second-order valence-corrected chi connectivity index (χ2v) is 10.1. The molecule has 3 N–H and O–H groups in total. The van der Waals surface area contributed by atoms with E-state index in [0.717, 1.165) is 22.8 Å². The van der Waals surface area contributed by atoms with E-state index in [1.807, 2.05) is 49.4 Å². The maximum Gasteiger partial charge on any atom is 0.453 e. The molecule has 9 heteroatoms. The van der Waals surface area contributed by atoms with Crippen LogP contribution in [0.25, 0.3) is 10.8 Å². The number of nitrogen functional groups attached to an aromatic ring is 1. The number of ether oxygens (including phenoxy) is 4. The van der Waals surface area contributed by atoms with Gasteiger partial charge in [0.15, 0.2) is 11.5 Å². The summed E-state index contributed by atoms with van der Waals surface area (Å²) in [4.78, 5) is 26.3. The minimum absolute atomic E-state index is 0. The molecule has 8 nitrogen and oxygen atoms in total. The van der Waals surface area contributed by atoms with Crippen molar-refractivity contribution < 1.29 is 33.6 Å². The fourth-order valence-corrected chi connectivity index (χ4v) is 4.58. The minimum atomic E-state index is -2.44. The molecule has 0 aliphatic carbocycles. The number of aliphatic hydroxyl groups excluding tert-OH is 1. The first-order valence-electron chi connectivity index (χ1n) is 13.0. The van der Waals surface area contributed by atoms with Crippen LogP contribution in [0.2, 0.25) is 0 Å². The molecule has 0 amide bonds. The number of hydrogen-bond donors (Lipinski definition) is 2. The van der Waals surface area contributed by atoms with Gasteiger partial charge in [0, 0.05) is 23.7 Å². The molecule has 0 spiro atoms. The van der Waals surface area contributed by atoms with Gasteiger partial charge in [-0.1, -0.05) is 49.7 Å². The second kappa shape index (κ2) is 12.1. The largest absolute Gasteiger partial charge is 0.457 e. The van der Waals surface area contributed by atoms with E-state index in [2.05, 4.69) is 0 Å². The van der Waals surface area contributed by atoms with Crippen LogP contribution in [0.1, 0.15) is 63.8 Å². The van der Waals surface area contributed by atoms with Gasteiger partial charge in [-0.25, -0.2) is 9.59 Å². The number of aliphatic hydroxyl groups is 1. The molecule has 0 fully saturated rings. The third-order valence-electron chi connectivity index (χ3n) is 6.28. The lowest BCUT2D eigenvalue weighted by Gasteiger charge is -2.25. The van der Waals surface area contributed by atoms with Crippen LogP contribution in [-0.4, -0.2) is 35.0 Å². The smallest absolute Gasteiger partial charge is 0.453 e. The highest BCUT2D eigenvalue weighted by atomic mass is 35.5. The molecule has 3 aromatic carbocycles. The van der Waals surface area contributed by atoms with Gasteiger partial charge in [0.05, 0.1) is 18.3 Å². The number of benzene rings is 3. The summed E-state index contributed by atoms with van der Waals surface area (Å²) >= 11 is 0. The maximum atomic E-state index is 13.1. The van der Waals surface area contributed by atoms with Gasteiger partial charge >= 0.3 is 17.7 Å². The molecule has 0 saturated carbocycles. The lowest BCUT2D eigenvalue weighted by molar-refractivity contribution is -0.207. The Kier molecular flexibility index (Phi) is 9.35. The Bertz CT molecular complexity index is 1330. The molecule has 1 aliphatic rings. The fraction of sp³-hybridized carbons (Fsp3) is 0.400. The third kappa shape index (κ3) is 6.07. The summed E-state index contributed by atoms with van der Waals surface area (Å²) < 4.78 is 22.6. The van der Waals surface area contributed by atoms with E-state index in [-0.39, 0.29) is 30.3 Å². The van der Waals surface area contributed by atoms with Crippen molar-refractivity contribution in [3.63, 3.8) is 0 Å². The standard InChI is InChI=1S/C30H35NO7.ClH/c1-6-9-22-23(15-25(32)21-13-12-19-10-7-8-11-20(19)14-21)24(31)16-26-27(22)38-30(37-26,28(33)35-17(2)3)29(34)36-18(4)5;/h7-8,10-14,16-18,25,32H,6,9,15,31H2,1-5H3;1H. The lowest BCUT2D eigenvalue weighted by Crippen LogP contribution is -2.56. The first kappa shape index (κ1) is 30.1. The number of carbonyl (C=O) groups excluding carboxylic acids is 2. The summed E-state index contributed by atoms with van der Waals surface area (Å²) in [6, 6.07) is 15.3. The topological polar surface area (TPSA) is 117 Å². The normalized spacial score (nSPS) is 14.3. The number of anilines is 1. The molecule has 1 aliphatic heterocycles. The Hall–Kier alpha value is -3.49. The second-order valence-electron chi connectivity index (χ2n) is 10.1. The minimum Gasteiger partial charge on any atom is -0.457 e. The van der Waals surface area contributed by atoms with E-state index in [4.69, 9.17) is 24.7 Å². The van der Waals surface area contributed by atoms with Crippen molar-refractivity contribution in [1.82, 2.24) is 0 Å². The number of halogens is 1. The van der Waals surface area contributed by atoms with Crippen LogP contribution in [-0.2, 0) is 31.9 Å². The van der Waals surface area contributed by atoms with Crippen molar-refractivity contribution in [2.24, 2.45) is 0 Å². The highest BCUT2D eigenvalue weighted by molar-refractivity contribution is 6.03. The molecule has 0 radical (unpaired) electrons. The highest BCUT2D eigenvalue weighted by Gasteiger charge is 2.61. The van der Waals surface area contributed by atoms with Crippen LogP contribution >= 0.6 is 12.4 Å². The molecular formula is C30H36ClNO7. The summed E-state index contributed by atoms with van der Waals surface area (Å²) in [6.07, 6.45) is -0.441. The van der Waals surface area contributed by atoms with Gasteiger partial charge in [-0.3, -0.25) is 0 Å². The van der Waals surface area contributed by atoms with E-state index in [1.165, 1.54) is 6.07 Å². The zero-order chi connectivity index (χ0) is 27.6. The summed E-state index contributed by atoms with van der Waals surface area (Å²) in [5.74, 6) is -4.08. The first-order valence-corrected chi connectivity index (χ1v) is 13.0. The summed E-state index contributed by atoms with van der Waals surface area (Å²) in [7, 11) is 0. The quantitative estimate of drug-likeness (QED) is 0.203. The Morgan fingerprint density at radius 3 is 2.13 bits per heavy atom. The van der Waals surface area contributed by atoms with Crippen LogP contribution < -0.4 is 15.2 Å². The van der Waals surface area contributed by atoms with Gasteiger partial charge in [0.1, 0.15) is 0 Å². The van der Waals surface area contributed by atoms with Crippen LogP contribution in [0.3, 0.4) is 0 Å².